The number of methoxy groups -OCH3 is 1. The van der Waals surface area contributed by atoms with E-state index in [4.69, 9.17) is 34.3 Å². The highest BCUT2D eigenvalue weighted by Crippen LogP contribution is 2.34. The van der Waals surface area contributed by atoms with Crippen LogP contribution in [0.25, 0.3) is 22.9 Å². The summed E-state index contributed by atoms with van der Waals surface area (Å²) in [7, 11) is 3.10. The Balaban J connectivity index is 0.000000454. The number of fused-ring (bicyclic) bond motifs is 2. The molecule has 0 bridgehead atoms. The first-order valence-corrected chi connectivity index (χ1v) is 19.5. The Morgan fingerprint density at radius 2 is 1.73 bits per heavy atom. The molecule has 3 atom stereocenters. The van der Waals surface area contributed by atoms with E-state index in [0.717, 1.165) is 28.7 Å². The predicted octanol–water partition coefficient (Wildman–Crippen LogP) is 1.36. The van der Waals surface area contributed by atoms with Gasteiger partial charge >= 0.3 is 12.1 Å². The van der Waals surface area contributed by atoms with Crippen LogP contribution in [0.1, 0.15) is 57.5 Å². The first-order chi connectivity index (χ1) is 29.0. The van der Waals surface area contributed by atoms with Gasteiger partial charge in [-0.3, -0.25) is 19.3 Å². The highest BCUT2D eigenvalue weighted by atomic mass is 16.7. The van der Waals surface area contributed by atoms with Crippen LogP contribution >= 0.6 is 0 Å². The summed E-state index contributed by atoms with van der Waals surface area (Å²) >= 11 is 0. The fraction of sp³-hybridized carbons (Fsp3) is 0.452. The minimum atomic E-state index is -1.16. The number of aliphatic hydroxyl groups is 1. The number of nitrogens with zero attached hydrogens (tertiary/aromatic N) is 2. The van der Waals surface area contributed by atoms with Gasteiger partial charge < -0.3 is 53.7 Å². The van der Waals surface area contributed by atoms with Crippen LogP contribution in [-0.4, -0.2) is 136 Å². The number of ether oxygens (including phenoxy) is 6. The third-order valence-electron chi connectivity index (χ3n) is 9.93. The number of carboxylic acid groups (broad SMARTS) is 1. The summed E-state index contributed by atoms with van der Waals surface area (Å²) in [5.74, 6) is 3.81. The minimum Gasteiger partial charge on any atom is -0.496 e. The molecule has 4 amide bonds. The van der Waals surface area contributed by atoms with Crippen molar-refractivity contribution < 1.29 is 67.4 Å². The van der Waals surface area contributed by atoms with Crippen LogP contribution < -0.4 is 31.1 Å². The van der Waals surface area contributed by atoms with Gasteiger partial charge in [0.1, 0.15) is 18.1 Å². The molecule has 324 valence electrons. The highest BCUT2D eigenvalue weighted by Gasteiger charge is 2.36. The molecule has 6 rings (SSSR count). The lowest BCUT2D eigenvalue weighted by Gasteiger charge is -2.31. The maximum atomic E-state index is 13.9. The molecule has 5 N–H and O–H groups in total. The normalized spacial score (nSPS) is 17.9. The van der Waals surface area contributed by atoms with E-state index < -0.39 is 42.4 Å². The van der Waals surface area contributed by atoms with E-state index in [-0.39, 0.29) is 32.5 Å². The Morgan fingerprint density at radius 1 is 1.00 bits per heavy atom. The molecule has 3 unspecified atom stereocenters. The highest BCUT2D eigenvalue weighted by molar-refractivity contribution is 6.26. The maximum Gasteiger partial charge on any atom is 0.409 e. The number of hydrogen-bond acceptors (Lipinski definition) is 14. The number of benzene rings is 3. The van der Waals surface area contributed by atoms with Gasteiger partial charge in [0.2, 0.25) is 12.7 Å². The summed E-state index contributed by atoms with van der Waals surface area (Å²) < 4.78 is 32.5. The zero-order valence-corrected chi connectivity index (χ0v) is 33.9. The van der Waals surface area contributed by atoms with Crippen LogP contribution in [0.2, 0.25) is 0 Å². The lowest BCUT2D eigenvalue weighted by Crippen LogP contribution is -2.48. The van der Waals surface area contributed by atoms with Crippen LogP contribution in [0, 0.1) is 6.92 Å². The SMILES string of the molecule is COc1ccc2c3c(c4c(cc13)=CCCC=4)C(=O)N(CCN(C)C(=O)OCc1ccc(OC3CC(O)CC(C(=O)O)O3)c(C)c1)C2=O.NOCCOCCOCCNC=O. The number of rotatable bonds is 19. The van der Waals surface area contributed by atoms with E-state index >= 15 is 0 Å². The molecule has 2 heterocycles. The Labute approximate surface area is 346 Å². The number of aliphatic carboxylic acids is 1. The van der Waals surface area contributed by atoms with Gasteiger partial charge in [-0.25, -0.2) is 15.5 Å². The summed E-state index contributed by atoms with van der Waals surface area (Å²) in [5.41, 5.74) is 2.28. The Bertz CT molecular complexity index is 2150. The van der Waals surface area contributed by atoms with Crippen molar-refractivity contribution >= 4 is 53.2 Å². The number of nitrogens with two attached hydrogens (primary N) is 1. The van der Waals surface area contributed by atoms with Crippen molar-refractivity contribution in [3.8, 4) is 11.5 Å². The van der Waals surface area contributed by atoms with Crippen molar-refractivity contribution in [2.45, 2.75) is 57.7 Å². The molecule has 0 spiro atoms. The van der Waals surface area contributed by atoms with Gasteiger partial charge in [0.25, 0.3) is 11.8 Å². The number of carbonyl (C=O) groups excluding carboxylic acids is 4. The van der Waals surface area contributed by atoms with Gasteiger partial charge in [0.15, 0.2) is 6.10 Å². The Hall–Kier alpha value is -5.63. The molecule has 3 aromatic rings. The molecule has 3 aliphatic rings. The average molecular weight is 837 g/mol. The number of carboxylic acids is 1. The summed E-state index contributed by atoms with van der Waals surface area (Å²) in [4.78, 5) is 68.2. The van der Waals surface area contributed by atoms with E-state index in [1.54, 1.807) is 44.4 Å². The molecule has 60 heavy (non-hydrogen) atoms. The molecule has 3 aromatic carbocycles. The fourth-order valence-electron chi connectivity index (χ4n) is 6.92. The molecule has 18 nitrogen and oxygen atoms in total. The van der Waals surface area contributed by atoms with Gasteiger partial charge in [0, 0.05) is 55.9 Å². The number of nitrogens with one attached hydrogen (secondary N) is 1. The lowest BCUT2D eigenvalue weighted by molar-refractivity contribution is -0.195. The molecule has 1 aliphatic carbocycles. The number of hydrogen-bond donors (Lipinski definition) is 4. The first kappa shape index (κ1) is 45.5. The Kier molecular flexibility index (Phi) is 16.7. The quantitative estimate of drug-likeness (QED) is 0.0578. The lowest BCUT2D eigenvalue weighted by atomic mass is 9.89. The second kappa shape index (κ2) is 22.1. The standard InChI is InChI=1S/C35H36N2O10.C7H16N2O4/c1-19-14-20(8-10-26(19)46-29-17-22(38)16-28(47-29)34(41)42)18-45-35(43)36(2)12-13-37-32(39)24-9-11-27(44-3)25-15-21-6-4-5-7-23(21)31(30(24)25)33(37)40;8-13-6-5-12-4-3-11-2-1-9-7-10/h6-11,14-15,22,28-29,38H,4-5,12-13,16-18H2,1-3H3,(H,41,42);7H,1-6,8H2,(H,9,10). The summed E-state index contributed by atoms with van der Waals surface area (Å²) in [6, 6.07) is 10.5. The zero-order valence-electron chi connectivity index (χ0n) is 33.9. The molecule has 2 aliphatic heterocycles. The topological polar surface area (TPSA) is 235 Å². The number of imide groups is 1. The van der Waals surface area contributed by atoms with Crippen molar-refractivity contribution in [1.82, 2.24) is 15.1 Å². The molecule has 0 aromatic heterocycles. The molecule has 0 saturated carbocycles. The second-order valence-corrected chi connectivity index (χ2v) is 14.1. The number of carbonyl (C=O) groups is 5. The number of aryl methyl sites for hydroxylation is 1. The van der Waals surface area contributed by atoms with Gasteiger partial charge in [0.05, 0.1) is 51.8 Å². The summed E-state index contributed by atoms with van der Waals surface area (Å²) in [6.45, 7) is 4.66. The number of aliphatic hydroxyl groups excluding tert-OH is 1. The van der Waals surface area contributed by atoms with E-state index in [2.05, 4.69) is 16.2 Å². The van der Waals surface area contributed by atoms with E-state index in [0.29, 0.717) is 85.1 Å². The van der Waals surface area contributed by atoms with Crippen LogP contribution in [0.4, 0.5) is 4.79 Å². The van der Waals surface area contributed by atoms with Crippen LogP contribution in [-0.2, 0) is 40.0 Å². The van der Waals surface area contributed by atoms with Crippen LogP contribution in [0.3, 0.4) is 0 Å². The van der Waals surface area contributed by atoms with Gasteiger partial charge in [-0.2, -0.15) is 0 Å². The van der Waals surface area contributed by atoms with Crippen molar-refractivity contribution in [3.63, 3.8) is 0 Å². The largest absolute Gasteiger partial charge is 0.496 e. The van der Waals surface area contributed by atoms with Crippen molar-refractivity contribution in [3.05, 3.63) is 69.1 Å². The summed E-state index contributed by atoms with van der Waals surface area (Å²) in [5, 5.41) is 24.8. The van der Waals surface area contributed by atoms with Gasteiger partial charge in [-0.05, 0) is 71.7 Å². The summed E-state index contributed by atoms with van der Waals surface area (Å²) in [6.07, 6.45) is 3.00. The average Bonchev–Trinajstić information content (AvgIpc) is 3.24. The smallest absolute Gasteiger partial charge is 0.409 e. The fourth-order valence-corrected chi connectivity index (χ4v) is 6.92. The number of amides is 4. The van der Waals surface area contributed by atoms with Gasteiger partial charge in [-0.1, -0.05) is 18.2 Å². The van der Waals surface area contributed by atoms with E-state index in [1.165, 1.54) is 16.8 Å². The monoisotopic (exact) mass is 836 g/mol. The maximum absolute atomic E-state index is 13.9. The molecule has 18 heteroatoms. The third-order valence-corrected chi connectivity index (χ3v) is 9.93. The first-order valence-electron chi connectivity index (χ1n) is 19.5. The van der Waals surface area contributed by atoms with Crippen molar-refractivity contribution in [2.24, 2.45) is 5.90 Å². The molecule has 0 radical (unpaired) electrons. The Morgan fingerprint density at radius 3 is 2.45 bits per heavy atom. The third kappa shape index (κ3) is 11.6. The minimum absolute atomic E-state index is 0.00291. The van der Waals surface area contributed by atoms with Crippen molar-refractivity contribution in [2.75, 3.05) is 66.8 Å². The molecular weight excluding hydrogens is 784 g/mol. The predicted molar refractivity (Wildman–Crippen MR) is 215 cm³/mol. The molecule has 1 saturated heterocycles. The van der Waals surface area contributed by atoms with E-state index in [9.17, 15) is 34.2 Å². The second-order valence-electron chi connectivity index (χ2n) is 14.1. The zero-order chi connectivity index (χ0) is 43.2. The molecular formula is C42H52N4O14. The van der Waals surface area contributed by atoms with Gasteiger partial charge in [-0.15, -0.1) is 0 Å². The molecule has 1 fully saturated rings. The number of likely N-dealkylation sites (N-methyl/N-ethyl adjacent to an activating group) is 1. The van der Waals surface area contributed by atoms with Crippen molar-refractivity contribution in [1.29, 1.82) is 0 Å². The van der Waals surface area contributed by atoms with Crippen LogP contribution in [0.15, 0.2) is 36.4 Å². The van der Waals surface area contributed by atoms with E-state index in [1.807, 2.05) is 12.1 Å². The van der Waals surface area contributed by atoms with Crippen LogP contribution in [0.5, 0.6) is 11.5 Å².